The third-order valence-electron chi connectivity index (χ3n) is 1.82. The van der Waals surface area contributed by atoms with Gasteiger partial charge < -0.3 is 4.74 Å². The van der Waals surface area contributed by atoms with Crippen LogP contribution in [0.5, 0.6) is 5.75 Å². The molecule has 0 N–H and O–H groups in total. The second-order valence-electron chi connectivity index (χ2n) is 2.96. The van der Waals surface area contributed by atoms with Gasteiger partial charge in [-0.1, -0.05) is 19.6 Å². The van der Waals surface area contributed by atoms with Crippen LogP contribution in [0.15, 0.2) is 24.8 Å². The van der Waals surface area contributed by atoms with Gasteiger partial charge in [-0.05, 0) is 24.1 Å². The molecule has 1 aromatic carbocycles. The van der Waals surface area contributed by atoms with Crippen molar-refractivity contribution < 1.29 is 9.66 Å². The summed E-state index contributed by atoms with van der Waals surface area (Å²) in [6, 6.07) is 4.66. The van der Waals surface area contributed by atoms with E-state index in [-0.39, 0.29) is 5.69 Å². The van der Waals surface area contributed by atoms with Crippen molar-refractivity contribution in [3.05, 3.63) is 46.5 Å². The van der Waals surface area contributed by atoms with Crippen LogP contribution in [0.25, 0.3) is 0 Å². The lowest BCUT2D eigenvalue weighted by molar-refractivity contribution is -0.385. The number of nitro benzene ring substituents is 1. The Morgan fingerprint density at radius 1 is 1.60 bits per heavy atom. The maximum absolute atomic E-state index is 10.7. The van der Waals surface area contributed by atoms with Gasteiger partial charge >= 0.3 is 5.69 Å². The quantitative estimate of drug-likeness (QED) is 0.549. The summed E-state index contributed by atoms with van der Waals surface area (Å²) in [7, 11) is 0. The predicted octanol–water partition coefficient (Wildman–Crippen LogP) is 2.72. The lowest BCUT2D eigenvalue weighted by Crippen LogP contribution is -1.99. The molecule has 1 aromatic rings. The van der Waals surface area contributed by atoms with E-state index in [0.717, 1.165) is 6.42 Å². The third-order valence-corrected chi connectivity index (χ3v) is 1.82. The van der Waals surface area contributed by atoms with Crippen LogP contribution in [-0.2, 0) is 0 Å². The maximum atomic E-state index is 10.7. The van der Waals surface area contributed by atoms with Gasteiger partial charge in [0.05, 0.1) is 11.5 Å². The molecule has 0 atom stereocenters. The van der Waals surface area contributed by atoms with Crippen molar-refractivity contribution in [2.24, 2.45) is 0 Å². The summed E-state index contributed by atoms with van der Waals surface area (Å²) < 4.78 is 5.26. The largest absolute Gasteiger partial charge is 0.487 e. The Bertz CT molecular complexity index is 374. The van der Waals surface area contributed by atoms with E-state index < -0.39 is 4.92 Å². The molecule has 0 bridgehead atoms. The number of hydrogen-bond acceptors (Lipinski definition) is 3. The summed E-state index contributed by atoms with van der Waals surface area (Å²) in [4.78, 5) is 10.3. The second-order valence-corrected chi connectivity index (χ2v) is 2.96. The molecule has 0 aliphatic heterocycles. The molecule has 0 amide bonds. The average Bonchev–Trinajstić information content (AvgIpc) is 2.26. The monoisotopic (exact) mass is 206 g/mol. The zero-order valence-corrected chi connectivity index (χ0v) is 8.53. The van der Waals surface area contributed by atoms with Crippen molar-refractivity contribution in [3.63, 3.8) is 0 Å². The topological polar surface area (TPSA) is 52.4 Å². The first-order chi connectivity index (χ1) is 7.19. The van der Waals surface area contributed by atoms with E-state index in [0.29, 0.717) is 17.9 Å². The minimum Gasteiger partial charge on any atom is -0.487 e. The molecule has 0 saturated heterocycles. The van der Waals surface area contributed by atoms with Gasteiger partial charge in [-0.25, -0.2) is 0 Å². The molecule has 4 heteroatoms. The van der Waals surface area contributed by atoms with Crippen LogP contribution in [-0.4, -0.2) is 11.5 Å². The predicted molar refractivity (Wildman–Crippen MR) is 56.9 cm³/mol. The van der Waals surface area contributed by atoms with Gasteiger partial charge in [0.15, 0.2) is 5.75 Å². The van der Waals surface area contributed by atoms with Crippen LogP contribution >= 0.6 is 0 Å². The Hall–Kier alpha value is -1.84. The highest BCUT2D eigenvalue weighted by Crippen LogP contribution is 2.27. The van der Waals surface area contributed by atoms with Crippen molar-refractivity contribution in [1.82, 2.24) is 0 Å². The van der Waals surface area contributed by atoms with Crippen molar-refractivity contribution in [1.29, 1.82) is 0 Å². The summed E-state index contributed by atoms with van der Waals surface area (Å²) in [5, 5.41) is 10.7. The van der Waals surface area contributed by atoms with Gasteiger partial charge in [0.1, 0.15) is 0 Å². The van der Waals surface area contributed by atoms with E-state index in [4.69, 9.17) is 4.74 Å². The number of nitrogens with zero attached hydrogens (tertiary/aromatic N) is 1. The van der Waals surface area contributed by atoms with Crippen LogP contribution in [0.3, 0.4) is 0 Å². The zero-order valence-electron chi connectivity index (χ0n) is 8.53. The summed E-state index contributed by atoms with van der Waals surface area (Å²) in [5.74, 6) is 0.292. The Morgan fingerprint density at radius 3 is 2.87 bits per heavy atom. The zero-order chi connectivity index (χ0) is 11.3. The molecule has 15 heavy (non-hydrogen) atoms. The minimum atomic E-state index is -0.466. The molecule has 0 aliphatic carbocycles. The van der Waals surface area contributed by atoms with Crippen molar-refractivity contribution in [2.75, 3.05) is 6.61 Å². The highest BCUT2D eigenvalue weighted by atomic mass is 16.6. The minimum absolute atomic E-state index is 0.0444. The molecule has 0 heterocycles. The highest BCUT2D eigenvalue weighted by molar-refractivity contribution is 5.49. The van der Waals surface area contributed by atoms with E-state index in [2.05, 4.69) is 12.7 Å². The number of hydrogen-bond donors (Lipinski definition) is 0. The van der Waals surface area contributed by atoms with Crippen LogP contribution in [0.2, 0.25) is 0 Å². The fourth-order valence-corrected chi connectivity index (χ4v) is 1.10. The number of ether oxygens (including phenoxy) is 1. The van der Waals surface area contributed by atoms with Gasteiger partial charge in [0.25, 0.3) is 0 Å². The molecule has 0 aromatic heterocycles. The summed E-state index contributed by atoms with van der Waals surface area (Å²) >= 11 is 0. The van der Waals surface area contributed by atoms with Crippen LogP contribution in [0.1, 0.15) is 18.9 Å². The number of benzene rings is 1. The molecular formula is C11H12NO3. The van der Waals surface area contributed by atoms with E-state index in [9.17, 15) is 10.1 Å². The van der Waals surface area contributed by atoms with Crippen molar-refractivity contribution >= 4 is 5.69 Å². The molecule has 0 fully saturated rings. The van der Waals surface area contributed by atoms with Gasteiger partial charge in [0.2, 0.25) is 0 Å². The first kappa shape index (κ1) is 11.2. The first-order valence-electron chi connectivity index (χ1n) is 4.63. The number of nitro groups is 1. The SMILES string of the molecule is C=[C]c1ccc(OCCC)c([N+](=O)[O-])c1. The lowest BCUT2D eigenvalue weighted by atomic mass is 10.2. The average molecular weight is 206 g/mol. The fraction of sp³-hybridized carbons (Fsp3) is 0.273. The molecular weight excluding hydrogens is 194 g/mol. The van der Waals surface area contributed by atoms with E-state index >= 15 is 0 Å². The van der Waals surface area contributed by atoms with E-state index in [1.54, 1.807) is 12.1 Å². The molecule has 4 nitrogen and oxygen atoms in total. The van der Waals surface area contributed by atoms with Crippen LogP contribution in [0.4, 0.5) is 5.69 Å². The first-order valence-corrected chi connectivity index (χ1v) is 4.63. The van der Waals surface area contributed by atoms with Gasteiger partial charge in [-0.2, -0.15) is 0 Å². The smallest absolute Gasteiger partial charge is 0.311 e. The van der Waals surface area contributed by atoms with Gasteiger partial charge in [-0.15, -0.1) is 0 Å². The van der Waals surface area contributed by atoms with Gasteiger partial charge in [-0.3, -0.25) is 10.1 Å². The van der Waals surface area contributed by atoms with Crippen LogP contribution < -0.4 is 4.74 Å². The number of rotatable bonds is 5. The fourth-order valence-electron chi connectivity index (χ4n) is 1.10. The third kappa shape index (κ3) is 2.80. The second kappa shape index (κ2) is 5.14. The summed E-state index contributed by atoms with van der Waals surface area (Å²) in [5.41, 5.74) is 0.544. The van der Waals surface area contributed by atoms with Crippen LogP contribution in [0, 0.1) is 16.2 Å². The lowest BCUT2D eigenvalue weighted by Gasteiger charge is -2.05. The summed E-state index contributed by atoms with van der Waals surface area (Å²) in [6.07, 6.45) is 3.41. The molecule has 1 radical (unpaired) electrons. The molecule has 1 rings (SSSR count). The molecule has 79 valence electrons. The maximum Gasteiger partial charge on any atom is 0.311 e. The Morgan fingerprint density at radius 2 is 2.33 bits per heavy atom. The van der Waals surface area contributed by atoms with Gasteiger partial charge in [0, 0.05) is 6.07 Å². The molecule has 0 spiro atoms. The highest BCUT2D eigenvalue weighted by Gasteiger charge is 2.14. The Balaban J connectivity index is 3.03. The van der Waals surface area contributed by atoms with Crippen molar-refractivity contribution in [3.8, 4) is 5.75 Å². The molecule has 0 aliphatic rings. The van der Waals surface area contributed by atoms with Crippen molar-refractivity contribution in [2.45, 2.75) is 13.3 Å². The molecule has 0 saturated carbocycles. The normalized spacial score (nSPS) is 9.67. The standard InChI is InChI=1S/C11H12NO3/c1-3-7-15-11-6-5-9(4-2)8-10(11)12(13)14/h5-6,8H,2-3,7H2,1H3. The Labute approximate surface area is 88.3 Å². The molecule has 0 unspecified atom stereocenters. The summed E-state index contributed by atoms with van der Waals surface area (Å²) in [6.45, 7) is 5.85. The van der Waals surface area contributed by atoms with E-state index in [1.807, 2.05) is 6.92 Å². The Kier molecular flexibility index (Phi) is 3.85. The van der Waals surface area contributed by atoms with E-state index in [1.165, 1.54) is 6.07 Å².